The Morgan fingerprint density at radius 2 is 1.74 bits per heavy atom. The van der Waals surface area contributed by atoms with Crippen LogP contribution < -0.4 is 9.47 Å². The van der Waals surface area contributed by atoms with Gasteiger partial charge in [-0.05, 0) is 18.2 Å². The molecule has 0 amide bonds. The fraction of sp³-hybridized carbons (Fsp3) is 0.364. The molecule has 0 bridgehead atoms. The lowest BCUT2D eigenvalue weighted by Gasteiger charge is -2.28. The molecule has 2 aromatic carbocycles. The number of ether oxygens (including phenoxy) is 2. The Balaban J connectivity index is 1.95. The molecule has 3 rings (SSSR count). The minimum Gasteiger partial charge on any atom is -0.482 e. The van der Waals surface area contributed by atoms with Crippen molar-refractivity contribution in [2.75, 3.05) is 26.3 Å². The van der Waals surface area contributed by atoms with E-state index < -0.39 is 88.0 Å². The number of halogens is 6. The van der Waals surface area contributed by atoms with Crippen molar-refractivity contribution in [2.24, 2.45) is 0 Å². The molecule has 38 heavy (non-hydrogen) atoms. The van der Waals surface area contributed by atoms with Crippen LogP contribution in [0.3, 0.4) is 0 Å². The van der Waals surface area contributed by atoms with E-state index in [1.54, 1.807) is 0 Å². The Morgan fingerprint density at radius 3 is 2.29 bits per heavy atom. The second-order valence-corrected chi connectivity index (χ2v) is 10.0. The SMILES string of the molecule is [C-]#[N+]c1ccc(O[C@H]2CN(S(=O)(=O)c3ccc(C(F)(F)F)cc3[N+]#[C-])C[C@@]2(O)CO)c(OCC(F)(F)F)c1. The van der Waals surface area contributed by atoms with Crippen LogP contribution in [0.1, 0.15) is 5.56 Å². The summed E-state index contributed by atoms with van der Waals surface area (Å²) >= 11 is 0. The summed E-state index contributed by atoms with van der Waals surface area (Å²) in [5.41, 5.74) is -4.52. The van der Waals surface area contributed by atoms with E-state index >= 15 is 0 Å². The maximum atomic E-state index is 13.2. The minimum atomic E-state index is -4.85. The summed E-state index contributed by atoms with van der Waals surface area (Å²) in [4.78, 5) is 5.14. The Labute approximate surface area is 212 Å². The van der Waals surface area contributed by atoms with Gasteiger partial charge < -0.3 is 19.7 Å². The van der Waals surface area contributed by atoms with Crippen molar-refractivity contribution in [3.63, 3.8) is 0 Å². The van der Waals surface area contributed by atoms with Crippen molar-refractivity contribution in [3.05, 3.63) is 64.8 Å². The summed E-state index contributed by atoms with van der Waals surface area (Å²) in [5.74, 6) is -0.954. The largest absolute Gasteiger partial charge is 0.482 e. The summed E-state index contributed by atoms with van der Waals surface area (Å²) in [5, 5.41) is 20.6. The number of benzene rings is 2. The van der Waals surface area contributed by atoms with Gasteiger partial charge in [-0.25, -0.2) is 18.1 Å². The molecule has 0 unspecified atom stereocenters. The Hall–Kier alpha value is -3.57. The lowest BCUT2D eigenvalue weighted by atomic mass is 10.0. The van der Waals surface area contributed by atoms with Gasteiger partial charge in [-0.15, -0.1) is 0 Å². The third-order valence-electron chi connectivity index (χ3n) is 5.43. The second-order valence-electron chi connectivity index (χ2n) is 8.10. The quantitative estimate of drug-likeness (QED) is 0.390. The van der Waals surface area contributed by atoms with Crippen molar-refractivity contribution in [3.8, 4) is 11.5 Å². The van der Waals surface area contributed by atoms with Gasteiger partial charge >= 0.3 is 12.4 Å². The number of alkyl halides is 6. The lowest BCUT2D eigenvalue weighted by Crippen LogP contribution is -2.48. The number of β-amino-alcohol motifs (C(OH)–C–C–N with tert-alkyl or cyclic N) is 1. The van der Waals surface area contributed by atoms with Crippen molar-refractivity contribution >= 4 is 21.4 Å². The maximum Gasteiger partial charge on any atom is 0.422 e. The first kappa shape index (κ1) is 29.0. The summed E-state index contributed by atoms with van der Waals surface area (Å²) in [6, 6.07) is 4.55. The molecule has 1 heterocycles. The average molecular weight is 565 g/mol. The van der Waals surface area contributed by atoms with Gasteiger partial charge in [0.15, 0.2) is 23.8 Å². The van der Waals surface area contributed by atoms with Gasteiger partial charge in [0.1, 0.15) is 11.7 Å². The number of hydrogen-bond acceptors (Lipinski definition) is 6. The molecular formula is C22H17F6N3O6S. The van der Waals surface area contributed by atoms with Crippen molar-refractivity contribution in [2.45, 2.75) is 29.0 Å². The summed E-state index contributed by atoms with van der Waals surface area (Å²) in [7, 11) is -4.72. The topological polar surface area (TPSA) is 105 Å². The maximum absolute atomic E-state index is 13.2. The van der Waals surface area contributed by atoms with Gasteiger partial charge in [-0.2, -0.15) is 30.6 Å². The molecule has 0 radical (unpaired) electrons. The summed E-state index contributed by atoms with van der Waals surface area (Å²) in [6.07, 6.45) is -11.2. The van der Waals surface area contributed by atoms with Crippen LogP contribution in [0.2, 0.25) is 0 Å². The average Bonchev–Trinajstić information content (AvgIpc) is 3.19. The molecule has 0 saturated carbocycles. The zero-order chi connectivity index (χ0) is 28.5. The zero-order valence-corrected chi connectivity index (χ0v) is 19.7. The fourth-order valence-electron chi connectivity index (χ4n) is 3.54. The van der Waals surface area contributed by atoms with E-state index in [1.807, 2.05) is 0 Å². The Morgan fingerprint density at radius 1 is 1.05 bits per heavy atom. The molecule has 9 nitrogen and oxygen atoms in total. The van der Waals surface area contributed by atoms with E-state index in [-0.39, 0.29) is 5.69 Å². The number of aliphatic hydroxyl groups is 2. The molecule has 1 aliphatic heterocycles. The molecule has 2 N–H and O–H groups in total. The lowest BCUT2D eigenvalue weighted by molar-refractivity contribution is -0.153. The monoisotopic (exact) mass is 565 g/mol. The normalized spacial score (nSPS) is 20.5. The molecule has 1 aliphatic rings. The van der Waals surface area contributed by atoms with E-state index in [0.717, 1.165) is 18.2 Å². The molecule has 0 aromatic heterocycles. The molecule has 204 valence electrons. The molecule has 0 spiro atoms. The third-order valence-corrected chi connectivity index (χ3v) is 7.29. The minimum absolute atomic E-state index is 0.114. The molecule has 1 saturated heterocycles. The van der Waals surface area contributed by atoms with Crippen LogP contribution in [-0.4, -0.2) is 67.1 Å². The Bertz CT molecular complexity index is 1400. The van der Waals surface area contributed by atoms with Crippen LogP contribution in [0.5, 0.6) is 11.5 Å². The van der Waals surface area contributed by atoms with Gasteiger partial charge in [-0.3, -0.25) is 0 Å². The van der Waals surface area contributed by atoms with Crippen molar-refractivity contribution < 1.29 is 54.4 Å². The van der Waals surface area contributed by atoms with E-state index in [0.29, 0.717) is 22.5 Å². The predicted octanol–water partition coefficient (Wildman–Crippen LogP) is 3.92. The molecule has 2 aromatic rings. The number of hydrogen-bond donors (Lipinski definition) is 2. The molecule has 16 heteroatoms. The fourth-order valence-corrected chi connectivity index (χ4v) is 5.15. The number of aliphatic hydroxyl groups excluding tert-OH is 1. The van der Waals surface area contributed by atoms with Crippen LogP contribution in [0, 0.1) is 13.1 Å². The van der Waals surface area contributed by atoms with E-state index in [4.69, 9.17) is 22.6 Å². The van der Waals surface area contributed by atoms with Gasteiger partial charge in [0.25, 0.3) is 0 Å². The third kappa shape index (κ3) is 6.11. The smallest absolute Gasteiger partial charge is 0.422 e. The van der Waals surface area contributed by atoms with E-state index in [9.17, 15) is 45.0 Å². The predicted molar refractivity (Wildman–Crippen MR) is 117 cm³/mol. The number of nitrogens with zero attached hydrogens (tertiary/aromatic N) is 3. The van der Waals surface area contributed by atoms with E-state index in [2.05, 4.69) is 9.69 Å². The van der Waals surface area contributed by atoms with Gasteiger partial charge in [0.05, 0.1) is 31.2 Å². The molecular weight excluding hydrogens is 548 g/mol. The Kier molecular flexibility index (Phi) is 7.86. The second kappa shape index (κ2) is 10.3. The standard InChI is InChI=1S/C22H17F6N3O6S/c1-29-14-4-5-16(17(8-14)36-12-21(23,24)25)37-19-9-31(10-20(19,33)11-32)38(34,35)18-6-3-13(22(26,27)28)7-15(18)30-2/h3-8,19,32-33H,9-12H2/t19-,20+/m0/s1. The van der Waals surface area contributed by atoms with Crippen LogP contribution in [-0.2, 0) is 16.2 Å². The van der Waals surface area contributed by atoms with Gasteiger partial charge in [-0.1, -0.05) is 18.2 Å². The number of sulfonamides is 1. The summed E-state index contributed by atoms with van der Waals surface area (Å²) in [6.45, 7) is 9.77. The highest BCUT2D eigenvalue weighted by atomic mass is 32.2. The van der Waals surface area contributed by atoms with Gasteiger partial charge in [0.2, 0.25) is 15.7 Å². The first-order valence-electron chi connectivity index (χ1n) is 10.3. The highest BCUT2D eigenvalue weighted by molar-refractivity contribution is 7.89. The molecule has 0 aliphatic carbocycles. The van der Waals surface area contributed by atoms with Gasteiger partial charge in [0, 0.05) is 12.1 Å². The first-order valence-corrected chi connectivity index (χ1v) is 11.8. The van der Waals surface area contributed by atoms with Crippen LogP contribution in [0.4, 0.5) is 37.7 Å². The van der Waals surface area contributed by atoms with Crippen molar-refractivity contribution in [1.82, 2.24) is 4.31 Å². The highest BCUT2D eigenvalue weighted by Crippen LogP contribution is 2.40. The number of rotatable bonds is 7. The van der Waals surface area contributed by atoms with Crippen LogP contribution in [0.25, 0.3) is 9.69 Å². The highest BCUT2D eigenvalue weighted by Gasteiger charge is 2.51. The summed E-state index contributed by atoms with van der Waals surface area (Å²) < 4.78 is 114. The first-order chi connectivity index (χ1) is 17.5. The molecule has 2 atom stereocenters. The van der Waals surface area contributed by atoms with Crippen LogP contribution >= 0.6 is 0 Å². The van der Waals surface area contributed by atoms with Crippen molar-refractivity contribution in [1.29, 1.82) is 0 Å². The van der Waals surface area contributed by atoms with E-state index in [1.165, 1.54) is 0 Å². The molecule has 1 fully saturated rings. The zero-order valence-electron chi connectivity index (χ0n) is 18.9. The van der Waals surface area contributed by atoms with Crippen LogP contribution in [0.15, 0.2) is 41.3 Å².